The van der Waals surface area contributed by atoms with E-state index in [0.717, 1.165) is 22.5 Å². The molecule has 2 heterocycles. The van der Waals surface area contributed by atoms with E-state index in [0.29, 0.717) is 0 Å². The van der Waals surface area contributed by atoms with E-state index in [-0.39, 0.29) is 0 Å². The fraction of sp³-hybridized carbons (Fsp3) is 0. The number of hydrogen-bond acceptors (Lipinski definition) is 2. The van der Waals surface area contributed by atoms with Crippen LogP contribution in [-0.2, 0) is 0 Å². The molecule has 0 amide bonds. The highest BCUT2D eigenvalue weighted by Gasteiger charge is 2.18. The Morgan fingerprint density at radius 1 is 0.316 bits per heavy atom. The average Bonchev–Trinajstić information content (AvgIpc) is 3.01. The van der Waals surface area contributed by atoms with E-state index in [2.05, 4.69) is 119 Å². The molecule has 2 nitrogen and oxygen atoms in total. The van der Waals surface area contributed by atoms with Crippen LogP contribution in [0.4, 0.5) is 0 Å². The highest BCUT2D eigenvalue weighted by molar-refractivity contribution is 6.22. The quantitative estimate of drug-likeness (QED) is 0.233. The van der Waals surface area contributed by atoms with E-state index in [1.54, 1.807) is 0 Å². The fourth-order valence-electron chi connectivity index (χ4n) is 5.45. The Balaban J connectivity index is 1.64. The van der Waals surface area contributed by atoms with E-state index >= 15 is 0 Å². The molecule has 38 heavy (non-hydrogen) atoms. The Labute approximate surface area is 221 Å². The van der Waals surface area contributed by atoms with Crippen molar-refractivity contribution >= 4 is 21.5 Å². The molecule has 7 aromatic rings. The topological polar surface area (TPSA) is 25.8 Å². The van der Waals surface area contributed by atoms with Gasteiger partial charge in [-0.1, -0.05) is 97.1 Å². The molecular weight excluding hydrogens is 460 g/mol. The molecule has 0 aliphatic carbocycles. The van der Waals surface area contributed by atoms with Crippen LogP contribution in [0.2, 0.25) is 0 Å². The zero-order valence-corrected chi connectivity index (χ0v) is 20.8. The number of hydrogen-bond donors (Lipinski definition) is 0. The van der Waals surface area contributed by atoms with Crippen molar-refractivity contribution in [2.75, 3.05) is 0 Å². The van der Waals surface area contributed by atoms with E-state index in [1.807, 2.05) is 36.7 Å². The van der Waals surface area contributed by atoms with Gasteiger partial charge in [-0.3, -0.25) is 9.97 Å². The van der Waals surface area contributed by atoms with Crippen LogP contribution in [0.25, 0.3) is 66.3 Å². The highest BCUT2D eigenvalue weighted by atomic mass is 14.7. The van der Waals surface area contributed by atoms with Crippen LogP contribution in [-0.4, -0.2) is 9.97 Å². The van der Waals surface area contributed by atoms with Crippen LogP contribution in [0, 0.1) is 0 Å². The molecule has 2 heteroatoms. The Bertz CT molecular complexity index is 1740. The molecular formula is C36H24N2. The first-order valence-corrected chi connectivity index (χ1v) is 12.8. The van der Waals surface area contributed by atoms with Gasteiger partial charge >= 0.3 is 0 Å². The molecule has 0 radical (unpaired) electrons. The molecule has 0 unspecified atom stereocenters. The van der Waals surface area contributed by atoms with E-state index in [9.17, 15) is 0 Å². The number of pyridine rings is 2. The minimum absolute atomic E-state index is 0.972. The predicted octanol–water partition coefficient (Wildman–Crippen LogP) is 9.45. The van der Waals surface area contributed by atoms with Gasteiger partial charge in [0.15, 0.2) is 0 Å². The monoisotopic (exact) mass is 484 g/mol. The third-order valence-corrected chi connectivity index (χ3v) is 7.16. The van der Waals surface area contributed by atoms with Gasteiger partial charge in [0.1, 0.15) is 0 Å². The lowest BCUT2D eigenvalue weighted by Gasteiger charge is -2.19. The number of nitrogens with zero attached hydrogens (tertiary/aromatic N) is 2. The summed E-state index contributed by atoms with van der Waals surface area (Å²) in [6, 6.07) is 47.1. The molecule has 0 aliphatic heterocycles. The van der Waals surface area contributed by atoms with Gasteiger partial charge in [-0.15, -0.1) is 0 Å². The summed E-state index contributed by atoms with van der Waals surface area (Å²) in [6.07, 6.45) is 3.71. The summed E-state index contributed by atoms with van der Waals surface area (Å²) in [7, 11) is 0. The first kappa shape index (κ1) is 22.1. The Morgan fingerprint density at radius 2 is 0.737 bits per heavy atom. The van der Waals surface area contributed by atoms with Crippen molar-refractivity contribution < 1.29 is 0 Å². The second-order valence-corrected chi connectivity index (χ2v) is 9.43. The van der Waals surface area contributed by atoms with Gasteiger partial charge in [0, 0.05) is 23.5 Å². The molecule has 0 aliphatic rings. The van der Waals surface area contributed by atoms with Gasteiger partial charge < -0.3 is 0 Å². The van der Waals surface area contributed by atoms with Crippen molar-refractivity contribution in [3.8, 4) is 44.8 Å². The second kappa shape index (κ2) is 9.42. The summed E-state index contributed by atoms with van der Waals surface area (Å²) in [5, 5.41) is 4.88. The Hall–Kier alpha value is -5.08. The van der Waals surface area contributed by atoms with E-state index in [4.69, 9.17) is 0 Å². The van der Waals surface area contributed by atoms with Crippen molar-refractivity contribution in [3.63, 3.8) is 0 Å². The third kappa shape index (κ3) is 3.84. The number of benzene rings is 5. The number of fused-ring (bicyclic) bond motifs is 2. The highest BCUT2D eigenvalue weighted by Crippen LogP contribution is 2.45. The standard InChI is InChI=1S/C36H24N2/c1-3-11-25(12-4-1)35-29-19-17-28(34-16-8-10-22-38-34)24-32(29)36(26-13-5-2-6-14-26)30-20-18-27(23-31(30)35)33-15-7-9-21-37-33/h1-24H. The van der Waals surface area contributed by atoms with Crippen LogP contribution in [0.1, 0.15) is 0 Å². The lowest BCUT2D eigenvalue weighted by molar-refractivity contribution is 1.33. The van der Waals surface area contributed by atoms with Gasteiger partial charge in [0.25, 0.3) is 0 Å². The van der Waals surface area contributed by atoms with Crippen LogP contribution in [0.15, 0.2) is 146 Å². The maximum absolute atomic E-state index is 4.64. The lowest BCUT2D eigenvalue weighted by Crippen LogP contribution is -1.93. The summed E-state index contributed by atoms with van der Waals surface area (Å²) >= 11 is 0. The van der Waals surface area contributed by atoms with Gasteiger partial charge in [-0.05, 0) is 80.2 Å². The van der Waals surface area contributed by atoms with Gasteiger partial charge in [-0.25, -0.2) is 0 Å². The second-order valence-electron chi connectivity index (χ2n) is 9.43. The van der Waals surface area contributed by atoms with Crippen molar-refractivity contribution in [1.29, 1.82) is 0 Å². The molecule has 0 spiro atoms. The zero-order chi connectivity index (χ0) is 25.3. The molecule has 2 aromatic heterocycles. The summed E-state index contributed by atoms with van der Waals surface area (Å²) in [4.78, 5) is 9.28. The minimum atomic E-state index is 0.972. The van der Waals surface area contributed by atoms with Gasteiger partial charge in [0.2, 0.25) is 0 Å². The maximum Gasteiger partial charge on any atom is 0.0702 e. The van der Waals surface area contributed by atoms with Crippen LogP contribution < -0.4 is 0 Å². The lowest BCUT2D eigenvalue weighted by atomic mass is 9.84. The van der Waals surface area contributed by atoms with E-state index < -0.39 is 0 Å². The van der Waals surface area contributed by atoms with E-state index in [1.165, 1.54) is 43.8 Å². The average molecular weight is 485 g/mol. The first-order valence-electron chi connectivity index (χ1n) is 12.8. The predicted molar refractivity (Wildman–Crippen MR) is 159 cm³/mol. The molecule has 0 atom stereocenters. The van der Waals surface area contributed by atoms with Crippen molar-refractivity contribution in [2.24, 2.45) is 0 Å². The molecule has 0 bridgehead atoms. The first-order chi connectivity index (χ1) is 18.9. The van der Waals surface area contributed by atoms with Gasteiger partial charge in [0.05, 0.1) is 11.4 Å². The smallest absolute Gasteiger partial charge is 0.0702 e. The normalized spacial score (nSPS) is 11.2. The SMILES string of the molecule is c1ccc(-c2c3ccc(-c4ccccn4)cc3c(-c3ccccc3)c3ccc(-c4ccccn4)cc23)cc1. The summed E-state index contributed by atoms with van der Waals surface area (Å²) < 4.78 is 0. The molecule has 0 N–H and O–H groups in total. The zero-order valence-electron chi connectivity index (χ0n) is 20.8. The molecule has 0 fully saturated rings. The van der Waals surface area contributed by atoms with Crippen molar-refractivity contribution in [2.45, 2.75) is 0 Å². The third-order valence-electron chi connectivity index (χ3n) is 7.16. The molecule has 0 saturated carbocycles. The minimum Gasteiger partial charge on any atom is -0.256 e. The molecule has 5 aromatic carbocycles. The van der Waals surface area contributed by atoms with Crippen LogP contribution in [0.3, 0.4) is 0 Å². The fourth-order valence-corrected chi connectivity index (χ4v) is 5.45. The number of aromatic nitrogens is 2. The van der Waals surface area contributed by atoms with Crippen molar-refractivity contribution in [1.82, 2.24) is 9.97 Å². The molecule has 0 saturated heterocycles. The molecule has 7 rings (SSSR count). The maximum atomic E-state index is 4.64. The largest absolute Gasteiger partial charge is 0.256 e. The Morgan fingerprint density at radius 3 is 1.13 bits per heavy atom. The van der Waals surface area contributed by atoms with Crippen LogP contribution in [0.5, 0.6) is 0 Å². The Kier molecular flexibility index (Phi) is 5.49. The van der Waals surface area contributed by atoms with Crippen molar-refractivity contribution in [3.05, 3.63) is 146 Å². The van der Waals surface area contributed by atoms with Gasteiger partial charge in [-0.2, -0.15) is 0 Å². The summed E-state index contributed by atoms with van der Waals surface area (Å²) in [5.41, 5.74) is 9.04. The molecule has 178 valence electrons. The van der Waals surface area contributed by atoms with Crippen LogP contribution >= 0.6 is 0 Å². The summed E-state index contributed by atoms with van der Waals surface area (Å²) in [6.45, 7) is 0. The number of rotatable bonds is 4. The summed E-state index contributed by atoms with van der Waals surface area (Å²) in [5.74, 6) is 0.